The fraction of sp³-hybridized carbons (Fsp3) is 0.333. The third-order valence-corrected chi connectivity index (χ3v) is 4.06. The Balaban J connectivity index is 1.91. The molecule has 1 heterocycles. The zero-order valence-electron chi connectivity index (χ0n) is 11.4. The molecular formula is C15H15Cl2NO3. The Hall–Kier alpha value is -1.52. The summed E-state index contributed by atoms with van der Waals surface area (Å²) in [6.07, 6.45) is 3.09. The van der Waals surface area contributed by atoms with Crippen LogP contribution in [0.25, 0.3) is 6.08 Å². The van der Waals surface area contributed by atoms with Crippen LogP contribution < -0.4 is 0 Å². The van der Waals surface area contributed by atoms with E-state index in [0.717, 1.165) is 5.56 Å². The molecule has 1 unspecified atom stereocenters. The maximum atomic E-state index is 11.9. The van der Waals surface area contributed by atoms with Gasteiger partial charge in [0.15, 0.2) is 0 Å². The van der Waals surface area contributed by atoms with E-state index in [1.807, 2.05) is 0 Å². The molecule has 0 aliphatic carbocycles. The van der Waals surface area contributed by atoms with Crippen molar-refractivity contribution in [3.05, 3.63) is 39.9 Å². The number of hydrogen-bond donors (Lipinski definition) is 1. The predicted molar refractivity (Wildman–Crippen MR) is 82.4 cm³/mol. The second-order valence-electron chi connectivity index (χ2n) is 5.17. The molecule has 0 saturated carbocycles. The normalized spacial score (nSPS) is 16.8. The second kappa shape index (κ2) is 6.50. The van der Waals surface area contributed by atoms with Crippen LogP contribution in [0.3, 0.4) is 0 Å². The van der Waals surface area contributed by atoms with Gasteiger partial charge in [-0.25, -0.2) is 0 Å². The first-order valence-electron chi connectivity index (χ1n) is 6.52. The molecule has 112 valence electrons. The highest BCUT2D eigenvalue weighted by molar-refractivity contribution is 6.34. The van der Waals surface area contributed by atoms with Crippen LogP contribution in [-0.2, 0) is 9.59 Å². The third-order valence-electron chi connectivity index (χ3n) is 3.62. The van der Waals surface area contributed by atoms with Crippen molar-refractivity contribution in [2.75, 3.05) is 13.1 Å². The highest BCUT2D eigenvalue weighted by atomic mass is 35.5. The summed E-state index contributed by atoms with van der Waals surface area (Å²) < 4.78 is 0. The lowest BCUT2D eigenvalue weighted by atomic mass is 9.87. The summed E-state index contributed by atoms with van der Waals surface area (Å²) in [5.74, 6) is -1.36. The van der Waals surface area contributed by atoms with Gasteiger partial charge in [0.1, 0.15) is 0 Å². The first kappa shape index (κ1) is 15.9. The van der Waals surface area contributed by atoms with Crippen molar-refractivity contribution >= 4 is 41.2 Å². The van der Waals surface area contributed by atoms with Gasteiger partial charge >= 0.3 is 5.97 Å². The van der Waals surface area contributed by atoms with Crippen molar-refractivity contribution in [1.29, 1.82) is 0 Å². The summed E-state index contributed by atoms with van der Waals surface area (Å²) in [4.78, 5) is 24.4. The molecule has 0 radical (unpaired) electrons. The fourth-order valence-corrected chi connectivity index (χ4v) is 2.70. The molecule has 0 spiro atoms. The molecule has 1 fully saturated rings. The summed E-state index contributed by atoms with van der Waals surface area (Å²) in [6, 6.07) is 5.04. The number of carboxylic acid groups (broad SMARTS) is 1. The average Bonchev–Trinajstić information content (AvgIpc) is 2.33. The number of halogens is 2. The number of hydrogen-bond acceptors (Lipinski definition) is 2. The van der Waals surface area contributed by atoms with Crippen LogP contribution in [0.4, 0.5) is 0 Å². The fourth-order valence-electron chi connectivity index (χ4n) is 2.15. The predicted octanol–water partition coefficient (Wildman–Crippen LogP) is 3.19. The summed E-state index contributed by atoms with van der Waals surface area (Å²) >= 11 is 11.8. The van der Waals surface area contributed by atoms with Crippen molar-refractivity contribution in [3.63, 3.8) is 0 Å². The highest BCUT2D eigenvalue weighted by Gasteiger charge is 2.36. The van der Waals surface area contributed by atoms with Gasteiger partial charge in [-0.2, -0.15) is 0 Å². The molecule has 1 aliphatic heterocycles. The van der Waals surface area contributed by atoms with Gasteiger partial charge in [0, 0.05) is 35.1 Å². The summed E-state index contributed by atoms with van der Waals surface area (Å²) in [6.45, 7) is 2.62. The van der Waals surface area contributed by atoms with Gasteiger partial charge in [-0.1, -0.05) is 30.1 Å². The van der Waals surface area contributed by atoms with E-state index < -0.39 is 11.9 Å². The highest BCUT2D eigenvalue weighted by Crippen LogP contribution is 2.25. The minimum atomic E-state index is -0.823. The first-order valence-corrected chi connectivity index (χ1v) is 7.28. The molecule has 1 atom stereocenters. The quantitative estimate of drug-likeness (QED) is 0.864. The Morgan fingerprint density at radius 1 is 1.29 bits per heavy atom. The molecule has 0 bridgehead atoms. The molecule has 4 nitrogen and oxygen atoms in total. The van der Waals surface area contributed by atoms with E-state index in [2.05, 4.69) is 0 Å². The zero-order valence-corrected chi connectivity index (χ0v) is 12.9. The molecule has 1 N–H and O–H groups in total. The van der Waals surface area contributed by atoms with Crippen molar-refractivity contribution in [2.24, 2.45) is 11.8 Å². The van der Waals surface area contributed by atoms with Crippen molar-refractivity contribution < 1.29 is 14.7 Å². The molecule has 1 aliphatic rings. The summed E-state index contributed by atoms with van der Waals surface area (Å²) in [5.41, 5.74) is 0.747. The molecule has 6 heteroatoms. The standard InChI is InChI=1S/C15H15Cl2NO3/c1-9(15(20)21)11-7-18(8-11)14(19)3-2-10-4-12(16)6-13(17)5-10/h2-6,9,11H,7-8H2,1H3,(H,20,21)/b3-2+. The van der Waals surface area contributed by atoms with Gasteiger partial charge in [0.05, 0.1) is 5.92 Å². The molecule has 1 aromatic rings. The minimum absolute atomic E-state index is 0.0282. The number of carbonyl (C=O) groups excluding carboxylic acids is 1. The van der Waals surface area contributed by atoms with Gasteiger partial charge in [0.25, 0.3) is 0 Å². The number of aliphatic carboxylic acids is 1. The van der Waals surface area contributed by atoms with E-state index in [-0.39, 0.29) is 11.8 Å². The van der Waals surface area contributed by atoms with E-state index in [4.69, 9.17) is 28.3 Å². The van der Waals surface area contributed by atoms with Crippen LogP contribution in [0.15, 0.2) is 24.3 Å². The Kier molecular flexibility index (Phi) is 4.91. The molecule has 21 heavy (non-hydrogen) atoms. The largest absolute Gasteiger partial charge is 0.481 e. The van der Waals surface area contributed by atoms with E-state index in [9.17, 15) is 9.59 Å². The maximum Gasteiger partial charge on any atom is 0.306 e. The third kappa shape index (κ3) is 3.99. The van der Waals surface area contributed by atoms with E-state index in [0.29, 0.717) is 23.1 Å². The first-order chi connectivity index (χ1) is 9.86. The topological polar surface area (TPSA) is 57.6 Å². The number of amides is 1. The summed E-state index contributed by atoms with van der Waals surface area (Å²) in [7, 11) is 0. The molecule has 0 aromatic heterocycles. The average molecular weight is 328 g/mol. The lowest BCUT2D eigenvalue weighted by Gasteiger charge is -2.40. The van der Waals surface area contributed by atoms with Gasteiger partial charge in [-0.3, -0.25) is 9.59 Å². The molecular weight excluding hydrogens is 313 g/mol. The smallest absolute Gasteiger partial charge is 0.306 e. The van der Waals surface area contributed by atoms with Gasteiger partial charge in [-0.15, -0.1) is 0 Å². The number of carboxylic acids is 1. The van der Waals surface area contributed by atoms with Crippen molar-refractivity contribution in [3.8, 4) is 0 Å². The number of nitrogens with zero attached hydrogens (tertiary/aromatic N) is 1. The molecule has 1 saturated heterocycles. The number of benzene rings is 1. The molecule has 2 rings (SSSR count). The van der Waals surface area contributed by atoms with Crippen LogP contribution >= 0.6 is 23.2 Å². The van der Waals surface area contributed by atoms with Crippen LogP contribution in [-0.4, -0.2) is 35.0 Å². The van der Waals surface area contributed by atoms with Gasteiger partial charge < -0.3 is 10.0 Å². The van der Waals surface area contributed by atoms with Crippen LogP contribution in [0.5, 0.6) is 0 Å². The Morgan fingerprint density at radius 3 is 2.38 bits per heavy atom. The summed E-state index contributed by atoms with van der Waals surface area (Å²) in [5, 5.41) is 9.92. The second-order valence-corrected chi connectivity index (χ2v) is 6.04. The van der Waals surface area contributed by atoms with Crippen LogP contribution in [0.1, 0.15) is 12.5 Å². The maximum absolute atomic E-state index is 11.9. The molecule has 1 amide bonds. The Bertz CT molecular complexity index is 574. The molecule has 1 aromatic carbocycles. The van der Waals surface area contributed by atoms with Gasteiger partial charge in [-0.05, 0) is 29.8 Å². The van der Waals surface area contributed by atoms with Crippen molar-refractivity contribution in [1.82, 2.24) is 4.90 Å². The number of rotatable bonds is 4. The monoisotopic (exact) mass is 327 g/mol. The van der Waals surface area contributed by atoms with Gasteiger partial charge in [0.2, 0.25) is 5.91 Å². The zero-order chi connectivity index (χ0) is 15.6. The Morgan fingerprint density at radius 2 is 1.86 bits per heavy atom. The van der Waals surface area contributed by atoms with Crippen LogP contribution in [0, 0.1) is 11.8 Å². The lowest BCUT2D eigenvalue weighted by molar-refractivity contribution is -0.148. The number of carbonyl (C=O) groups is 2. The van der Waals surface area contributed by atoms with Crippen molar-refractivity contribution in [2.45, 2.75) is 6.92 Å². The van der Waals surface area contributed by atoms with Crippen LogP contribution in [0.2, 0.25) is 10.0 Å². The SMILES string of the molecule is CC(C(=O)O)C1CN(C(=O)/C=C/c2cc(Cl)cc(Cl)c2)C1. The lowest BCUT2D eigenvalue weighted by Crippen LogP contribution is -2.53. The van der Waals surface area contributed by atoms with E-state index in [1.54, 1.807) is 36.1 Å². The van der Waals surface area contributed by atoms with E-state index in [1.165, 1.54) is 6.08 Å². The Labute approximate surface area is 133 Å². The van der Waals surface area contributed by atoms with E-state index >= 15 is 0 Å². The number of likely N-dealkylation sites (tertiary alicyclic amines) is 1. The minimum Gasteiger partial charge on any atom is -0.481 e.